The highest BCUT2D eigenvalue weighted by molar-refractivity contribution is 14.1. The van der Waals surface area contributed by atoms with E-state index in [1.807, 2.05) is 6.20 Å². The van der Waals surface area contributed by atoms with Crippen LogP contribution in [0.4, 0.5) is 0 Å². The standard InChI is InChI=1S/C9H12IN3/c10-8-3-11-12-9(8)7-5-13-2-1-6(7)4-13/h3,6-7H,1-2,4-5H2,(H,11,12). The van der Waals surface area contributed by atoms with Gasteiger partial charge in [-0.3, -0.25) is 5.10 Å². The summed E-state index contributed by atoms with van der Waals surface area (Å²) in [5.41, 5.74) is 1.37. The van der Waals surface area contributed by atoms with Gasteiger partial charge in [0.2, 0.25) is 0 Å². The Labute approximate surface area is 91.0 Å². The Kier molecular flexibility index (Phi) is 1.87. The van der Waals surface area contributed by atoms with Gasteiger partial charge in [0.15, 0.2) is 0 Å². The van der Waals surface area contributed by atoms with Gasteiger partial charge in [-0.15, -0.1) is 0 Å². The molecule has 0 amide bonds. The lowest BCUT2D eigenvalue weighted by atomic mass is 9.90. The summed E-state index contributed by atoms with van der Waals surface area (Å²) in [5, 5.41) is 7.25. The van der Waals surface area contributed by atoms with Crippen LogP contribution in [0.5, 0.6) is 0 Å². The first-order valence-corrected chi connectivity index (χ1v) is 5.83. The Morgan fingerprint density at radius 3 is 3.00 bits per heavy atom. The molecule has 1 aromatic heterocycles. The second-order valence-corrected chi connectivity index (χ2v) is 5.21. The number of aromatic amines is 1. The molecule has 2 bridgehead atoms. The zero-order chi connectivity index (χ0) is 8.84. The molecule has 4 heteroatoms. The normalized spacial score (nSPS) is 37.2. The molecule has 0 radical (unpaired) electrons. The quantitative estimate of drug-likeness (QED) is 0.793. The number of hydrogen-bond acceptors (Lipinski definition) is 2. The van der Waals surface area contributed by atoms with Crippen LogP contribution >= 0.6 is 22.6 Å². The zero-order valence-electron chi connectivity index (χ0n) is 7.33. The maximum Gasteiger partial charge on any atom is 0.0624 e. The van der Waals surface area contributed by atoms with Gasteiger partial charge >= 0.3 is 0 Å². The Morgan fingerprint density at radius 1 is 1.54 bits per heavy atom. The fourth-order valence-electron chi connectivity index (χ4n) is 2.65. The van der Waals surface area contributed by atoms with Gasteiger partial charge in [0.1, 0.15) is 0 Å². The predicted octanol–water partition coefficient (Wildman–Crippen LogP) is 1.43. The number of H-pyrrole nitrogens is 1. The van der Waals surface area contributed by atoms with Gasteiger partial charge < -0.3 is 4.90 Å². The van der Waals surface area contributed by atoms with Gasteiger partial charge in [-0.25, -0.2) is 0 Å². The van der Waals surface area contributed by atoms with Crippen molar-refractivity contribution in [3.05, 3.63) is 15.5 Å². The van der Waals surface area contributed by atoms with Crippen molar-refractivity contribution >= 4 is 22.6 Å². The van der Waals surface area contributed by atoms with Crippen molar-refractivity contribution < 1.29 is 0 Å². The Morgan fingerprint density at radius 2 is 2.46 bits per heavy atom. The third-order valence-electron chi connectivity index (χ3n) is 3.32. The second kappa shape index (κ2) is 2.95. The van der Waals surface area contributed by atoms with Crippen molar-refractivity contribution in [2.24, 2.45) is 5.92 Å². The molecule has 1 N–H and O–H groups in total. The van der Waals surface area contributed by atoms with Crippen LogP contribution in [-0.2, 0) is 0 Å². The molecule has 2 saturated heterocycles. The van der Waals surface area contributed by atoms with E-state index in [1.165, 1.54) is 35.3 Å². The van der Waals surface area contributed by atoms with Crippen LogP contribution < -0.4 is 0 Å². The molecule has 0 spiro atoms. The van der Waals surface area contributed by atoms with Crippen molar-refractivity contribution in [1.82, 2.24) is 15.1 Å². The summed E-state index contributed by atoms with van der Waals surface area (Å²) >= 11 is 2.37. The number of hydrogen-bond donors (Lipinski definition) is 1. The number of halogens is 1. The predicted molar refractivity (Wildman–Crippen MR) is 58.6 cm³/mol. The van der Waals surface area contributed by atoms with Gasteiger partial charge in [0.05, 0.1) is 15.5 Å². The first-order chi connectivity index (χ1) is 6.34. The van der Waals surface area contributed by atoms with Crippen LogP contribution in [0, 0.1) is 9.49 Å². The molecule has 70 valence electrons. The molecule has 0 aromatic carbocycles. The van der Waals surface area contributed by atoms with Crippen molar-refractivity contribution in [2.75, 3.05) is 19.6 Å². The van der Waals surface area contributed by atoms with Crippen LogP contribution in [0.15, 0.2) is 6.20 Å². The van der Waals surface area contributed by atoms with E-state index in [2.05, 4.69) is 37.7 Å². The molecule has 1 aromatic rings. The highest BCUT2D eigenvalue weighted by Gasteiger charge is 2.40. The van der Waals surface area contributed by atoms with E-state index in [9.17, 15) is 0 Å². The number of fused-ring (bicyclic) bond motifs is 2. The highest BCUT2D eigenvalue weighted by atomic mass is 127. The Bertz CT molecular complexity index is 322. The van der Waals surface area contributed by atoms with Crippen LogP contribution in [0.3, 0.4) is 0 Å². The number of nitrogens with zero attached hydrogens (tertiary/aromatic N) is 2. The molecule has 3 nitrogen and oxygen atoms in total. The average molecular weight is 289 g/mol. The third-order valence-corrected chi connectivity index (χ3v) is 4.18. The van der Waals surface area contributed by atoms with E-state index in [4.69, 9.17) is 0 Å². The number of aromatic nitrogens is 2. The summed E-state index contributed by atoms with van der Waals surface area (Å²) in [5.74, 6) is 1.61. The fraction of sp³-hybridized carbons (Fsp3) is 0.667. The summed E-state index contributed by atoms with van der Waals surface area (Å²) < 4.78 is 1.30. The maximum atomic E-state index is 4.10. The third kappa shape index (κ3) is 1.22. The molecule has 3 heterocycles. The van der Waals surface area contributed by atoms with Crippen molar-refractivity contribution in [3.63, 3.8) is 0 Å². The number of nitrogens with one attached hydrogen (secondary N) is 1. The van der Waals surface area contributed by atoms with E-state index >= 15 is 0 Å². The first kappa shape index (κ1) is 8.23. The molecule has 0 aliphatic carbocycles. The van der Waals surface area contributed by atoms with Gasteiger partial charge in [-0.2, -0.15) is 5.10 Å². The van der Waals surface area contributed by atoms with Gasteiger partial charge in [0.25, 0.3) is 0 Å². The number of piperidine rings is 1. The number of rotatable bonds is 1. The van der Waals surface area contributed by atoms with E-state index in [1.54, 1.807) is 0 Å². The van der Waals surface area contributed by atoms with Gasteiger partial charge in [0, 0.05) is 19.0 Å². The fourth-order valence-corrected chi connectivity index (χ4v) is 3.31. The zero-order valence-corrected chi connectivity index (χ0v) is 9.49. The van der Waals surface area contributed by atoms with Gasteiger partial charge in [-0.1, -0.05) is 0 Å². The molecular weight excluding hydrogens is 277 g/mol. The summed E-state index contributed by atoms with van der Waals surface area (Å²) in [4.78, 5) is 2.56. The van der Waals surface area contributed by atoms with E-state index in [-0.39, 0.29) is 0 Å². The summed E-state index contributed by atoms with van der Waals surface area (Å²) in [6, 6.07) is 0. The average Bonchev–Trinajstić information content (AvgIpc) is 2.77. The minimum absolute atomic E-state index is 0.725. The van der Waals surface area contributed by atoms with Crippen molar-refractivity contribution in [2.45, 2.75) is 12.3 Å². The topological polar surface area (TPSA) is 31.9 Å². The van der Waals surface area contributed by atoms with Gasteiger partial charge in [-0.05, 0) is 41.5 Å². The molecular formula is C9H12IN3. The maximum absolute atomic E-state index is 4.10. The largest absolute Gasteiger partial charge is 0.302 e. The lowest BCUT2D eigenvalue weighted by molar-refractivity contribution is 0.343. The first-order valence-electron chi connectivity index (χ1n) is 4.75. The molecule has 3 unspecified atom stereocenters. The van der Waals surface area contributed by atoms with Crippen LogP contribution in [0.1, 0.15) is 18.0 Å². The van der Waals surface area contributed by atoms with Crippen molar-refractivity contribution in [1.29, 1.82) is 0 Å². The lowest BCUT2D eigenvalue weighted by Gasteiger charge is -2.20. The molecule has 3 rings (SSSR count). The summed E-state index contributed by atoms with van der Waals surface area (Å²) in [6.07, 6.45) is 3.30. The Balaban J connectivity index is 1.91. The molecule has 2 fully saturated rings. The van der Waals surface area contributed by atoms with Crippen LogP contribution in [-0.4, -0.2) is 34.7 Å². The molecule has 0 saturated carbocycles. The van der Waals surface area contributed by atoms with E-state index in [0.717, 1.165) is 11.8 Å². The van der Waals surface area contributed by atoms with E-state index in [0.29, 0.717) is 0 Å². The Hall–Kier alpha value is -0.100. The van der Waals surface area contributed by atoms with Crippen LogP contribution in [0.25, 0.3) is 0 Å². The minimum atomic E-state index is 0.725. The van der Waals surface area contributed by atoms with Crippen molar-refractivity contribution in [3.8, 4) is 0 Å². The summed E-state index contributed by atoms with van der Waals surface area (Å²) in [7, 11) is 0. The smallest absolute Gasteiger partial charge is 0.0624 e. The summed E-state index contributed by atoms with van der Waals surface area (Å²) in [6.45, 7) is 3.86. The van der Waals surface area contributed by atoms with E-state index < -0.39 is 0 Å². The monoisotopic (exact) mass is 289 g/mol. The lowest BCUT2D eigenvalue weighted by Crippen LogP contribution is -2.22. The molecule has 2 aliphatic heterocycles. The molecule has 13 heavy (non-hydrogen) atoms. The SMILES string of the molecule is Ic1cn[nH]c1C1CN2CCC1C2. The molecule has 3 atom stereocenters. The minimum Gasteiger partial charge on any atom is -0.302 e. The molecule has 2 aliphatic rings. The second-order valence-electron chi connectivity index (χ2n) is 4.05. The highest BCUT2D eigenvalue weighted by Crippen LogP contribution is 2.39. The van der Waals surface area contributed by atoms with Crippen LogP contribution in [0.2, 0.25) is 0 Å².